The zero-order valence-corrected chi connectivity index (χ0v) is 19.0. The summed E-state index contributed by atoms with van der Waals surface area (Å²) in [5.41, 5.74) is 2.06. The number of anilines is 1. The average molecular weight is 433 g/mol. The predicted molar refractivity (Wildman–Crippen MR) is 130 cm³/mol. The highest BCUT2D eigenvalue weighted by Gasteiger charge is 2.19. The summed E-state index contributed by atoms with van der Waals surface area (Å²) in [7, 11) is 0. The Labute approximate surface area is 190 Å². The van der Waals surface area contributed by atoms with Crippen LogP contribution in [0.3, 0.4) is 0 Å². The molecular weight excluding hydrogens is 400 g/mol. The quantitative estimate of drug-likeness (QED) is 0.546. The van der Waals surface area contributed by atoms with Crippen LogP contribution < -0.4 is 15.0 Å². The van der Waals surface area contributed by atoms with E-state index in [4.69, 9.17) is 9.72 Å². The number of rotatable bonds is 8. The second-order valence-corrected chi connectivity index (χ2v) is 8.18. The van der Waals surface area contributed by atoms with E-state index in [-0.39, 0.29) is 5.91 Å². The second-order valence-electron chi connectivity index (χ2n) is 8.18. The Kier molecular flexibility index (Phi) is 7.22. The van der Waals surface area contributed by atoms with Gasteiger partial charge in [-0.2, -0.15) is 0 Å². The van der Waals surface area contributed by atoms with E-state index >= 15 is 0 Å². The molecule has 1 saturated heterocycles. The summed E-state index contributed by atoms with van der Waals surface area (Å²) in [6.45, 7) is 10.2. The molecule has 1 fully saturated rings. The summed E-state index contributed by atoms with van der Waals surface area (Å²) in [4.78, 5) is 20.9. The molecule has 0 unspecified atom stereocenters. The standard InChI is InChI=1S/C26H32N4O2/c1-3-29-14-16-30(17-15-29)26-24-8-5-4-7-22(24)19-25(28-26)21-9-11-23(12-10-21)32-18-6-13-27-20(2)31/h4-5,7-12,19H,3,6,13-18H2,1-2H3,(H,27,31). The van der Waals surface area contributed by atoms with Crippen molar-refractivity contribution in [1.82, 2.24) is 15.2 Å². The number of nitrogens with one attached hydrogen (secondary N) is 1. The number of hydrogen-bond donors (Lipinski definition) is 1. The fraction of sp³-hybridized carbons (Fsp3) is 0.385. The van der Waals surface area contributed by atoms with Gasteiger partial charge in [0.1, 0.15) is 11.6 Å². The van der Waals surface area contributed by atoms with Crippen molar-refractivity contribution in [3.8, 4) is 17.0 Å². The van der Waals surface area contributed by atoms with Crippen LogP contribution in [-0.2, 0) is 4.79 Å². The van der Waals surface area contributed by atoms with E-state index in [0.717, 1.165) is 62.0 Å². The first-order valence-corrected chi connectivity index (χ1v) is 11.5. The molecule has 2 heterocycles. The van der Waals surface area contributed by atoms with Crippen molar-refractivity contribution < 1.29 is 9.53 Å². The van der Waals surface area contributed by atoms with Crippen molar-refractivity contribution in [1.29, 1.82) is 0 Å². The van der Waals surface area contributed by atoms with Gasteiger partial charge >= 0.3 is 0 Å². The molecule has 0 atom stereocenters. The van der Waals surface area contributed by atoms with Gasteiger partial charge in [-0.15, -0.1) is 0 Å². The minimum Gasteiger partial charge on any atom is -0.494 e. The lowest BCUT2D eigenvalue weighted by atomic mass is 10.1. The molecule has 1 aliphatic rings. The molecular formula is C26H32N4O2. The third-order valence-corrected chi connectivity index (χ3v) is 5.95. The number of ether oxygens (including phenoxy) is 1. The Balaban J connectivity index is 1.51. The Morgan fingerprint density at radius 3 is 2.53 bits per heavy atom. The summed E-state index contributed by atoms with van der Waals surface area (Å²) in [5, 5.41) is 5.20. The largest absolute Gasteiger partial charge is 0.494 e. The van der Waals surface area contributed by atoms with Gasteiger partial charge in [0.25, 0.3) is 0 Å². The molecule has 1 aliphatic heterocycles. The van der Waals surface area contributed by atoms with Crippen molar-refractivity contribution >= 4 is 22.5 Å². The molecule has 6 heteroatoms. The van der Waals surface area contributed by atoms with Gasteiger partial charge in [-0.1, -0.05) is 31.2 Å². The minimum atomic E-state index is -0.0103. The molecule has 0 saturated carbocycles. The molecule has 3 aromatic rings. The van der Waals surface area contributed by atoms with Crippen LogP contribution in [0, 0.1) is 0 Å². The number of benzene rings is 2. The number of hydrogen-bond acceptors (Lipinski definition) is 5. The SMILES string of the molecule is CCN1CCN(c2nc(-c3ccc(OCCCNC(C)=O)cc3)cc3ccccc23)CC1. The fourth-order valence-corrected chi connectivity index (χ4v) is 4.09. The van der Waals surface area contributed by atoms with E-state index in [1.54, 1.807) is 0 Å². The first-order valence-electron chi connectivity index (χ1n) is 11.5. The van der Waals surface area contributed by atoms with E-state index < -0.39 is 0 Å². The second kappa shape index (κ2) is 10.5. The zero-order chi connectivity index (χ0) is 22.3. The lowest BCUT2D eigenvalue weighted by Crippen LogP contribution is -2.46. The van der Waals surface area contributed by atoms with Crippen LogP contribution in [0.5, 0.6) is 5.75 Å². The number of carbonyl (C=O) groups is 1. The van der Waals surface area contributed by atoms with Crippen LogP contribution in [0.15, 0.2) is 54.6 Å². The maximum atomic E-state index is 10.9. The Hall–Kier alpha value is -3.12. The first kappa shape index (κ1) is 22.1. The highest BCUT2D eigenvalue weighted by atomic mass is 16.5. The van der Waals surface area contributed by atoms with E-state index in [9.17, 15) is 4.79 Å². The van der Waals surface area contributed by atoms with Crippen LogP contribution in [-0.4, -0.2) is 61.7 Å². The van der Waals surface area contributed by atoms with Crippen molar-refractivity contribution in [2.75, 3.05) is 50.8 Å². The van der Waals surface area contributed by atoms with E-state index in [1.807, 2.05) is 12.1 Å². The molecule has 2 aromatic carbocycles. The first-order chi connectivity index (χ1) is 15.6. The molecule has 32 heavy (non-hydrogen) atoms. The Morgan fingerprint density at radius 1 is 1.06 bits per heavy atom. The summed E-state index contributed by atoms with van der Waals surface area (Å²) < 4.78 is 5.80. The molecule has 6 nitrogen and oxygen atoms in total. The Bertz CT molecular complexity index is 1040. The number of carbonyl (C=O) groups excluding carboxylic acids is 1. The number of likely N-dealkylation sites (N-methyl/N-ethyl adjacent to an activating group) is 1. The molecule has 1 amide bonds. The summed E-state index contributed by atoms with van der Waals surface area (Å²) in [5.74, 6) is 1.89. The number of fused-ring (bicyclic) bond motifs is 1. The summed E-state index contributed by atoms with van der Waals surface area (Å²) >= 11 is 0. The van der Waals surface area contributed by atoms with Crippen molar-refractivity contribution in [2.24, 2.45) is 0 Å². The van der Waals surface area contributed by atoms with Gasteiger partial charge in [0, 0.05) is 50.6 Å². The van der Waals surface area contributed by atoms with Gasteiger partial charge in [0.05, 0.1) is 12.3 Å². The topological polar surface area (TPSA) is 57.7 Å². The number of amides is 1. The molecule has 0 aliphatic carbocycles. The molecule has 0 bridgehead atoms. The molecule has 0 radical (unpaired) electrons. The molecule has 1 N–H and O–H groups in total. The van der Waals surface area contributed by atoms with Gasteiger partial charge in [0.2, 0.25) is 5.91 Å². The lowest BCUT2D eigenvalue weighted by Gasteiger charge is -2.35. The van der Waals surface area contributed by atoms with Crippen LogP contribution in [0.4, 0.5) is 5.82 Å². The van der Waals surface area contributed by atoms with E-state index in [2.05, 4.69) is 64.5 Å². The number of piperazine rings is 1. The van der Waals surface area contributed by atoms with E-state index in [0.29, 0.717) is 13.2 Å². The predicted octanol–water partition coefficient (Wildman–Crippen LogP) is 3.95. The third-order valence-electron chi connectivity index (χ3n) is 5.95. The van der Waals surface area contributed by atoms with Crippen LogP contribution in [0.1, 0.15) is 20.3 Å². The molecule has 4 rings (SSSR count). The summed E-state index contributed by atoms with van der Waals surface area (Å²) in [6, 6.07) is 18.8. The van der Waals surface area contributed by atoms with Crippen LogP contribution in [0.25, 0.3) is 22.0 Å². The number of nitrogens with zero attached hydrogens (tertiary/aromatic N) is 3. The molecule has 0 spiro atoms. The van der Waals surface area contributed by atoms with Crippen molar-refractivity contribution in [3.05, 3.63) is 54.6 Å². The van der Waals surface area contributed by atoms with Gasteiger partial charge in [-0.3, -0.25) is 4.79 Å². The highest BCUT2D eigenvalue weighted by Crippen LogP contribution is 2.31. The monoisotopic (exact) mass is 432 g/mol. The molecule has 1 aromatic heterocycles. The van der Waals surface area contributed by atoms with Crippen LogP contribution >= 0.6 is 0 Å². The zero-order valence-electron chi connectivity index (χ0n) is 19.0. The maximum Gasteiger partial charge on any atom is 0.216 e. The highest BCUT2D eigenvalue weighted by molar-refractivity contribution is 5.95. The average Bonchev–Trinajstić information content (AvgIpc) is 2.83. The van der Waals surface area contributed by atoms with Crippen molar-refractivity contribution in [3.63, 3.8) is 0 Å². The van der Waals surface area contributed by atoms with Gasteiger partial charge in [0.15, 0.2) is 0 Å². The molecule has 168 valence electrons. The summed E-state index contributed by atoms with van der Waals surface area (Å²) in [6.07, 6.45) is 0.780. The normalized spacial score (nSPS) is 14.5. The van der Waals surface area contributed by atoms with Crippen LogP contribution in [0.2, 0.25) is 0 Å². The van der Waals surface area contributed by atoms with E-state index in [1.165, 1.54) is 17.7 Å². The number of pyridine rings is 1. The smallest absolute Gasteiger partial charge is 0.216 e. The number of aromatic nitrogens is 1. The van der Waals surface area contributed by atoms with Gasteiger partial charge < -0.3 is 19.9 Å². The maximum absolute atomic E-state index is 10.9. The lowest BCUT2D eigenvalue weighted by molar-refractivity contribution is -0.118. The van der Waals surface area contributed by atoms with Gasteiger partial charge in [-0.25, -0.2) is 4.98 Å². The van der Waals surface area contributed by atoms with Gasteiger partial charge in [-0.05, 0) is 48.7 Å². The third kappa shape index (κ3) is 5.37. The Morgan fingerprint density at radius 2 is 1.81 bits per heavy atom. The van der Waals surface area contributed by atoms with Crippen molar-refractivity contribution in [2.45, 2.75) is 20.3 Å². The minimum absolute atomic E-state index is 0.0103. The fourth-order valence-electron chi connectivity index (χ4n) is 4.09.